The van der Waals surface area contributed by atoms with Crippen molar-refractivity contribution >= 4 is 48.9 Å². The average Bonchev–Trinajstić information content (AvgIpc) is 3.00. The van der Waals surface area contributed by atoms with Gasteiger partial charge in [0.15, 0.2) is 0 Å². The lowest BCUT2D eigenvalue weighted by molar-refractivity contribution is -0.117. The van der Waals surface area contributed by atoms with Crippen molar-refractivity contribution in [3.05, 3.63) is 57.7 Å². The van der Waals surface area contributed by atoms with E-state index in [1.54, 1.807) is 41.8 Å². The van der Waals surface area contributed by atoms with Gasteiger partial charge in [0.1, 0.15) is 6.04 Å². The summed E-state index contributed by atoms with van der Waals surface area (Å²) in [6, 6.07) is 11.4. The quantitative estimate of drug-likeness (QED) is 0.600. The van der Waals surface area contributed by atoms with Crippen LogP contribution in [0.4, 0.5) is 11.4 Å². The molecule has 1 heterocycles. The molecule has 1 aromatic heterocycles. The van der Waals surface area contributed by atoms with Gasteiger partial charge in [-0.1, -0.05) is 36.0 Å². The number of nitrogens with one attached hydrogen (secondary N) is 1. The van der Waals surface area contributed by atoms with E-state index in [0.29, 0.717) is 24.3 Å². The van der Waals surface area contributed by atoms with Gasteiger partial charge in [0, 0.05) is 12.2 Å². The first kappa shape index (κ1) is 22.0. The molecule has 0 spiro atoms. The lowest BCUT2D eigenvalue weighted by atomic mass is 10.1. The molecule has 0 aliphatic carbocycles. The average molecular weight is 448 g/mol. The van der Waals surface area contributed by atoms with E-state index in [1.165, 1.54) is 0 Å². The molecule has 0 saturated carbocycles. The Labute approximate surface area is 180 Å². The summed E-state index contributed by atoms with van der Waals surface area (Å²) >= 11 is 1.12. The molecule has 1 atom stereocenters. The largest absolute Gasteiger partial charge is 0.324 e. The molecule has 9 heteroatoms. The third kappa shape index (κ3) is 4.41. The summed E-state index contributed by atoms with van der Waals surface area (Å²) in [5, 5.41) is 2.82. The second-order valence-corrected chi connectivity index (χ2v) is 9.96. The maximum absolute atomic E-state index is 13.1. The first-order valence-corrected chi connectivity index (χ1v) is 12.3. The van der Waals surface area contributed by atoms with Gasteiger partial charge in [0.05, 0.1) is 22.2 Å². The van der Waals surface area contributed by atoms with Gasteiger partial charge in [0.25, 0.3) is 0 Å². The number of carbonyl (C=O) groups is 1. The number of aromatic nitrogens is 1. The second-order valence-electron chi connectivity index (χ2n) is 7.10. The smallest absolute Gasteiger partial charge is 0.308 e. The minimum absolute atomic E-state index is 0.0509. The van der Waals surface area contributed by atoms with Gasteiger partial charge in [-0.2, -0.15) is 0 Å². The van der Waals surface area contributed by atoms with Crippen molar-refractivity contribution in [2.45, 2.75) is 39.8 Å². The van der Waals surface area contributed by atoms with E-state index in [-0.39, 0.29) is 4.87 Å². The maximum Gasteiger partial charge on any atom is 0.308 e. The van der Waals surface area contributed by atoms with E-state index in [2.05, 4.69) is 5.32 Å². The zero-order valence-corrected chi connectivity index (χ0v) is 19.0. The van der Waals surface area contributed by atoms with Gasteiger partial charge in [-0.05, 0) is 50.6 Å². The van der Waals surface area contributed by atoms with Crippen LogP contribution in [0.5, 0.6) is 0 Å². The van der Waals surface area contributed by atoms with Gasteiger partial charge in [0.2, 0.25) is 15.9 Å². The Morgan fingerprint density at radius 2 is 1.83 bits per heavy atom. The van der Waals surface area contributed by atoms with Gasteiger partial charge in [-0.3, -0.25) is 18.5 Å². The lowest BCUT2D eigenvalue weighted by Crippen LogP contribution is -2.47. The maximum atomic E-state index is 13.1. The lowest BCUT2D eigenvalue weighted by Gasteiger charge is -2.30. The number of sulfonamides is 1. The predicted octanol–water partition coefficient (Wildman–Crippen LogP) is 3.57. The van der Waals surface area contributed by atoms with E-state index < -0.39 is 22.0 Å². The van der Waals surface area contributed by atoms with Crippen LogP contribution in [0, 0.1) is 6.92 Å². The highest BCUT2D eigenvalue weighted by molar-refractivity contribution is 7.92. The van der Waals surface area contributed by atoms with Gasteiger partial charge in [-0.25, -0.2) is 8.42 Å². The molecule has 0 radical (unpaired) electrons. The molecule has 1 amide bonds. The molecule has 7 nitrogen and oxygen atoms in total. The van der Waals surface area contributed by atoms with Crippen LogP contribution in [0.3, 0.4) is 0 Å². The molecule has 0 bridgehead atoms. The Morgan fingerprint density at radius 3 is 2.40 bits per heavy atom. The van der Waals surface area contributed by atoms with Crippen LogP contribution in [-0.4, -0.2) is 31.2 Å². The molecule has 2 aromatic carbocycles. The SMILES string of the molecule is CC[C@H](C(=O)Nc1ccc2c(c1)sc(=O)n2CC)N(c1ccc(C)cc1)S(C)(=O)=O. The van der Waals surface area contributed by atoms with Gasteiger partial charge in [-0.15, -0.1) is 0 Å². The Morgan fingerprint density at radius 1 is 1.17 bits per heavy atom. The minimum atomic E-state index is -3.69. The Balaban J connectivity index is 1.93. The fourth-order valence-corrected chi connectivity index (χ4v) is 5.63. The first-order valence-electron chi connectivity index (χ1n) is 9.66. The van der Waals surface area contributed by atoms with E-state index >= 15 is 0 Å². The first-order chi connectivity index (χ1) is 14.2. The molecular weight excluding hydrogens is 422 g/mol. The third-order valence-electron chi connectivity index (χ3n) is 4.87. The van der Waals surface area contributed by atoms with E-state index in [0.717, 1.165) is 37.7 Å². The molecule has 3 rings (SSSR count). The third-order valence-corrected chi connectivity index (χ3v) is 6.99. The van der Waals surface area contributed by atoms with Crippen molar-refractivity contribution in [1.29, 1.82) is 0 Å². The highest BCUT2D eigenvalue weighted by atomic mass is 32.2. The van der Waals surface area contributed by atoms with Crippen molar-refractivity contribution in [1.82, 2.24) is 4.57 Å². The normalized spacial score (nSPS) is 12.7. The number of nitrogens with zero attached hydrogens (tertiary/aromatic N) is 2. The molecule has 0 unspecified atom stereocenters. The Kier molecular flexibility index (Phi) is 6.33. The van der Waals surface area contributed by atoms with E-state index in [9.17, 15) is 18.0 Å². The van der Waals surface area contributed by atoms with Crippen LogP contribution < -0.4 is 14.5 Å². The number of rotatable bonds is 7. The summed E-state index contributed by atoms with van der Waals surface area (Å²) in [7, 11) is -3.69. The molecule has 0 aliphatic heterocycles. The van der Waals surface area contributed by atoms with Crippen LogP contribution in [0.1, 0.15) is 25.8 Å². The molecular formula is C21H25N3O4S2. The van der Waals surface area contributed by atoms with Gasteiger partial charge >= 0.3 is 4.87 Å². The van der Waals surface area contributed by atoms with Crippen molar-refractivity contribution < 1.29 is 13.2 Å². The molecule has 1 N–H and O–H groups in total. The highest BCUT2D eigenvalue weighted by Crippen LogP contribution is 2.25. The number of carbonyl (C=O) groups excluding carboxylic acids is 1. The summed E-state index contributed by atoms with van der Waals surface area (Å²) in [4.78, 5) is 25.1. The number of fused-ring (bicyclic) bond motifs is 1. The summed E-state index contributed by atoms with van der Waals surface area (Å²) in [6.07, 6.45) is 1.40. The molecule has 3 aromatic rings. The zero-order chi connectivity index (χ0) is 22.1. The Bertz CT molecular complexity index is 1230. The van der Waals surface area contributed by atoms with Crippen LogP contribution in [-0.2, 0) is 21.4 Å². The monoisotopic (exact) mass is 447 g/mol. The fourth-order valence-electron chi connectivity index (χ4n) is 3.42. The molecule has 0 fully saturated rings. The number of hydrogen-bond acceptors (Lipinski definition) is 5. The number of thiazole rings is 1. The van der Waals surface area contributed by atoms with E-state index in [4.69, 9.17) is 0 Å². The summed E-state index contributed by atoms with van der Waals surface area (Å²) < 4.78 is 28.7. The number of benzene rings is 2. The standard InChI is InChI=1S/C21H25N3O4S2/c1-5-17(24(30(4,27)28)16-10-7-14(3)8-11-16)20(25)22-15-9-12-18-19(13-15)29-21(26)23(18)6-2/h7-13,17H,5-6H2,1-4H3,(H,22,25)/t17-/m1/s1. The number of aryl methyl sites for hydroxylation is 2. The van der Waals surface area contributed by atoms with E-state index in [1.807, 2.05) is 26.0 Å². The van der Waals surface area contributed by atoms with Crippen LogP contribution in [0.25, 0.3) is 10.2 Å². The number of anilines is 2. The highest BCUT2D eigenvalue weighted by Gasteiger charge is 2.31. The zero-order valence-electron chi connectivity index (χ0n) is 17.4. The Hall–Kier alpha value is -2.65. The van der Waals surface area contributed by atoms with Crippen LogP contribution >= 0.6 is 11.3 Å². The van der Waals surface area contributed by atoms with Crippen molar-refractivity contribution in [3.8, 4) is 0 Å². The van der Waals surface area contributed by atoms with Crippen molar-refractivity contribution in [2.75, 3.05) is 15.9 Å². The topological polar surface area (TPSA) is 88.5 Å². The summed E-state index contributed by atoms with van der Waals surface area (Å²) in [5.41, 5.74) is 2.78. The van der Waals surface area contributed by atoms with Gasteiger partial charge < -0.3 is 5.32 Å². The molecule has 30 heavy (non-hydrogen) atoms. The molecule has 0 aliphatic rings. The van der Waals surface area contributed by atoms with Crippen molar-refractivity contribution in [3.63, 3.8) is 0 Å². The molecule has 160 valence electrons. The van der Waals surface area contributed by atoms with Crippen molar-refractivity contribution in [2.24, 2.45) is 0 Å². The predicted molar refractivity (Wildman–Crippen MR) is 123 cm³/mol. The summed E-state index contributed by atoms with van der Waals surface area (Å²) in [5.74, 6) is -0.426. The molecule has 0 saturated heterocycles. The van der Waals surface area contributed by atoms with Crippen LogP contribution in [0.15, 0.2) is 47.3 Å². The minimum Gasteiger partial charge on any atom is -0.324 e. The fraction of sp³-hybridized carbons (Fsp3) is 0.333. The van der Waals surface area contributed by atoms with Crippen LogP contribution in [0.2, 0.25) is 0 Å². The summed E-state index contributed by atoms with van der Waals surface area (Å²) in [6.45, 7) is 6.16. The second kappa shape index (κ2) is 8.61. The number of hydrogen-bond donors (Lipinski definition) is 1. The number of amides is 1.